The maximum absolute atomic E-state index is 12.8. The summed E-state index contributed by atoms with van der Waals surface area (Å²) in [5.74, 6) is 0.679. The van der Waals surface area contributed by atoms with E-state index < -0.39 is 10.0 Å². The van der Waals surface area contributed by atoms with Gasteiger partial charge in [-0.3, -0.25) is 0 Å². The average Bonchev–Trinajstić information content (AvgIpc) is 2.48. The summed E-state index contributed by atoms with van der Waals surface area (Å²) in [7, 11) is -3.39. The van der Waals surface area contributed by atoms with Gasteiger partial charge in [-0.1, -0.05) is 31.9 Å². The Balaban J connectivity index is 2.20. The van der Waals surface area contributed by atoms with Crippen molar-refractivity contribution in [3.05, 3.63) is 29.3 Å². The van der Waals surface area contributed by atoms with Crippen molar-refractivity contribution in [3.63, 3.8) is 0 Å². The molecule has 1 aromatic rings. The number of piperidine rings is 1. The van der Waals surface area contributed by atoms with Crippen molar-refractivity contribution in [1.29, 1.82) is 0 Å². The first kappa shape index (κ1) is 16.5. The summed E-state index contributed by atoms with van der Waals surface area (Å²) in [4.78, 5) is 0.416. The molecule has 2 rings (SSSR count). The van der Waals surface area contributed by atoms with Crippen LogP contribution in [0.25, 0.3) is 0 Å². The second-order valence-electron chi connectivity index (χ2n) is 5.88. The van der Waals surface area contributed by atoms with E-state index in [4.69, 9.17) is 5.73 Å². The Bertz CT molecular complexity index is 576. The smallest absolute Gasteiger partial charge is 0.243 e. The maximum Gasteiger partial charge on any atom is 0.243 e. The fourth-order valence-electron chi connectivity index (χ4n) is 3.15. The van der Waals surface area contributed by atoms with E-state index in [0.717, 1.165) is 24.0 Å². The Labute approximate surface area is 128 Å². The van der Waals surface area contributed by atoms with E-state index in [2.05, 4.69) is 6.92 Å². The van der Waals surface area contributed by atoms with Crippen LogP contribution in [0.4, 0.5) is 0 Å². The highest BCUT2D eigenvalue weighted by Gasteiger charge is 2.30. The summed E-state index contributed by atoms with van der Waals surface area (Å²) in [6, 6.07) is 5.37. The summed E-state index contributed by atoms with van der Waals surface area (Å²) < 4.78 is 27.3. The van der Waals surface area contributed by atoms with Gasteiger partial charge in [-0.25, -0.2) is 8.42 Å². The molecule has 1 saturated heterocycles. The molecule has 1 aromatic carbocycles. The number of rotatable bonds is 5. The molecule has 0 bridgehead atoms. The van der Waals surface area contributed by atoms with E-state index >= 15 is 0 Å². The number of benzene rings is 1. The fourth-order valence-corrected chi connectivity index (χ4v) is 4.88. The average molecular weight is 310 g/mol. The number of hydrogen-bond acceptors (Lipinski definition) is 3. The quantitative estimate of drug-likeness (QED) is 0.909. The third-order valence-corrected chi connectivity index (χ3v) is 6.55. The molecule has 1 aliphatic heterocycles. The zero-order chi connectivity index (χ0) is 15.5. The lowest BCUT2D eigenvalue weighted by Crippen LogP contribution is -2.38. The first-order valence-corrected chi connectivity index (χ1v) is 9.23. The minimum absolute atomic E-state index is 0.369. The molecule has 0 unspecified atom stereocenters. The number of nitrogens with zero attached hydrogens (tertiary/aromatic N) is 1. The van der Waals surface area contributed by atoms with E-state index in [1.165, 1.54) is 12.8 Å². The molecular formula is C16H26N2O2S. The van der Waals surface area contributed by atoms with Crippen molar-refractivity contribution in [3.8, 4) is 0 Å². The third kappa shape index (κ3) is 3.47. The topological polar surface area (TPSA) is 63.4 Å². The number of hydrogen-bond donors (Lipinski definition) is 1. The Hall–Kier alpha value is -0.910. The highest BCUT2D eigenvalue weighted by Crippen LogP contribution is 2.28. The van der Waals surface area contributed by atoms with Crippen molar-refractivity contribution >= 4 is 10.0 Å². The Morgan fingerprint density at radius 2 is 1.95 bits per heavy atom. The van der Waals surface area contributed by atoms with Gasteiger partial charge in [0.15, 0.2) is 0 Å². The number of sulfonamides is 1. The first-order valence-electron chi connectivity index (χ1n) is 7.79. The van der Waals surface area contributed by atoms with Crippen molar-refractivity contribution in [2.24, 2.45) is 11.7 Å². The first-order chi connectivity index (χ1) is 10.0. The number of nitrogens with two attached hydrogens (primary N) is 1. The van der Waals surface area contributed by atoms with Crippen LogP contribution in [0.5, 0.6) is 0 Å². The van der Waals surface area contributed by atoms with Crippen molar-refractivity contribution in [1.82, 2.24) is 4.31 Å². The molecule has 4 nitrogen and oxygen atoms in total. The van der Waals surface area contributed by atoms with Crippen LogP contribution in [0.3, 0.4) is 0 Å². The highest BCUT2D eigenvalue weighted by molar-refractivity contribution is 7.89. The molecule has 0 spiro atoms. The zero-order valence-corrected chi connectivity index (χ0v) is 13.8. The molecule has 0 aromatic heterocycles. The molecule has 0 atom stereocenters. The van der Waals surface area contributed by atoms with Gasteiger partial charge in [0.1, 0.15) is 0 Å². The monoisotopic (exact) mass is 310 g/mol. The lowest BCUT2D eigenvalue weighted by molar-refractivity contribution is 0.262. The molecular weight excluding hydrogens is 284 g/mol. The van der Waals surface area contributed by atoms with Crippen molar-refractivity contribution in [2.45, 2.75) is 51.0 Å². The Morgan fingerprint density at radius 3 is 2.52 bits per heavy atom. The van der Waals surface area contributed by atoms with E-state index in [9.17, 15) is 8.42 Å². The predicted molar refractivity (Wildman–Crippen MR) is 85.5 cm³/mol. The van der Waals surface area contributed by atoms with E-state index in [-0.39, 0.29) is 0 Å². The summed E-state index contributed by atoms with van der Waals surface area (Å²) in [5.41, 5.74) is 7.37. The molecule has 0 amide bonds. The van der Waals surface area contributed by atoms with Gasteiger partial charge >= 0.3 is 0 Å². The summed E-state index contributed by atoms with van der Waals surface area (Å²) in [5, 5.41) is 0. The minimum Gasteiger partial charge on any atom is -0.326 e. The van der Waals surface area contributed by atoms with Crippen molar-refractivity contribution < 1.29 is 8.42 Å². The summed E-state index contributed by atoms with van der Waals surface area (Å²) in [6.07, 6.45) is 4.33. The van der Waals surface area contributed by atoms with Crippen LogP contribution in [0, 0.1) is 12.8 Å². The maximum atomic E-state index is 12.8. The molecule has 0 radical (unpaired) electrons. The van der Waals surface area contributed by atoms with Gasteiger partial charge < -0.3 is 5.73 Å². The fraction of sp³-hybridized carbons (Fsp3) is 0.625. The molecule has 0 saturated carbocycles. The van der Waals surface area contributed by atoms with Crippen LogP contribution in [-0.2, 0) is 16.6 Å². The molecule has 21 heavy (non-hydrogen) atoms. The molecule has 5 heteroatoms. The van der Waals surface area contributed by atoms with Gasteiger partial charge in [-0.2, -0.15) is 4.31 Å². The SMILES string of the molecule is CCCC1CCN(S(=O)(=O)c2cccc(CN)c2C)CC1. The second kappa shape index (κ2) is 6.90. The standard InChI is InChI=1S/C16H26N2O2S/c1-3-5-14-8-10-18(11-9-14)21(19,20)16-7-4-6-15(12-17)13(16)2/h4,6-7,14H,3,5,8-12,17H2,1-2H3. The molecule has 1 aliphatic rings. The zero-order valence-electron chi connectivity index (χ0n) is 13.0. The normalized spacial score (nSPS) is 18.0. The van der Waals surface area contributed by atoms with E-state index in [0.29, 0.717) is 30.4 Å². The molecule has 0 aliphatic carbocycles. The van der Waals surface area contributed by atoms with E-state index in [1.807, 2.05) is 13.0 Å². The van der Waals surface area contributed by atoms with Crippen LogP contribution < -0.4 is 5.73 Å². The van der Waals surface area contributed by atoms with Gasteiger partial charge in [0.2, 0.25) is 10.0 Å². The molecule has 2 N–H and O–H groups in total. The van der Waals surface area contributed by atoms with Crippen LogP contribution in [0.15, 0.2) is 23.1 Å². The molecule has 118 valence electrons. The van der Waals surface area contributed by atoms with Gasteiger partial charge in [0, 0.05) is 19.6 Å². The third-order valence-electron chi connectivity index (χ3n) is 4.50. The van der Waals surface area contributed by atoms with Gasteiger partial charge in [-0.05, 0) is 42.9 Å². The highest BCUT2D eigenvalue weighted by atomic mass is 32.2. The van der Waals surface area contributed by atoms with Crippen LogP contribution >= 0.6 is 0 Å². The Kier molecular flexibility index (Phi) is 5.41. The largest absolute Gasteiger partial charge is 0.326 e. The molecule has 1 fully saturated rings. The van der Waals surface area contributed by atoms with Gasteiger partial charge in [-0.15, -0.1) is 0 Å². The van der Waals surface area contributed by atoms with Crippen LogP contribution in [0.2, 0.25) is 0 Å². The minimum atomic E-state index is -3.39. The van der Waals surface area contributed by atoms with Crippen LogP contribution in [0.1, 0.15) is 43.7 Å². The van der Waals surface area contributed by atoms with Gasteiger partial charge in [0.05, 0.1) is 4.90 Å². The van der Waals surface area contributed by atoms with Crippen molar-refractivity contribution in [2.75, 3.05) is 13.1 Å². The van der Waals surface area contributed by atoms with E-state index in [1.54, 1.807) is 16.4 Å². The lowest BCUT2D eigenvalue weighted by atomic mass is 9.94. The Morgan fingerprint density at radius 1 is 1.29 bits per heavy atom. The van der Waals surface area contributed by atoms with Crippen LogP contribution in [-0.4, -0.2) is 25.8 Å². The predicted octanol–water partition coefficient (Wildman–Crippen LogP) is 2.65. The summed E-state index contributed by atoms with van der Waals surface area (Å²) in [6.45, 7) is 5.68. The van der Waals surface area contributed by atoms with Gasteiger partial charge in [0.25, 0.3) is 0 Å². The second-order valence-corrected chi connectivity index (χ2v) is 7.79. The molecule has 1 heterocycles. The lowest BCUT2D eigenvalue weighted by Gasteiger charge is -2.31. The summed E-state index contributed by atoms with van der Waals surface area (Å²) >= 11 is 0.